The molecule has 7 heteroatoms. The molecule has 2 aromatic carbocycles. The fourth-order valence-corrected chi connectivity index (χ4v) is 3.95. The number of ether oxygens (including phenoxy) is 1. The fraction of sp³-hybridized carbons (Fsp3) is 0.292. The van der Waals surface area contributed by atoms with Gasteiger partial charge in [0.05, 0.1) is 5.75 Å². The number of nitrogens with one attached hydrogen (secondary N) is 1. The van der Waals surface area contributed by atoms with Gasteiger partial charge in [0.2, 0.25) is 5.91 Å². The standard InChI is InChI=1S/C24H28N4O2S/c1-6-13-28-21(14-30-20-12-8-9-16(2)19(20)5)26-27-24(28)31-15-22(29)25-23-17(3)10-7-11-18(23)4/h6-12H,1,13-15H2,2-5H3,(H,25,29). The van der Waals surface area contributed by atoms with Crippen molar-refractivity contribution in [3.8, 4) is 5.75 Å². The van der Waals surface area contributed by atoms with Gasteiger partial charge in [0.1, 0.15) is 12.4 Å². The first-order valence-electron chi connectivity index (χ1n) is 10.1. The molecule has 0 saturated heterocycles. The molecule has 0 fully saturated rings. The van der Waals surface area contributed by atoms with Crippen molar-refractivity contribution in [3.05, 3.63) is 77.1 Å². The summed E-state index contributed by atoms with van der Waals surface area (Å²) in [6, 6.07) is 11.9. The van der Waals surface area contributed by atoms with Crippen molar-refractivity contribution in [1.82, 2.24) is 14.8 Å². The van der Waals surface area contributed by atoms with Crippen LogP contribution >= 0.6 is 11.8 Å². The number of benzene rings is 2. The molecule has 0 unspecified atom stereocenters. The number of hydrogen-bond acceptors (Lipinski definition) is 5. The molecule has 1 heterocycles. The van der Waals surface area contributed by atoms with E-state index in [4.69, 9.17) is 4.74 Å². The smallest absolute Gasteiger partial charge is 0.234 e. The fourth-order valence-electron chi connectivity index (χ4n) is 3.19. The minimum Gasteiger partial charge on any atom is -0.485 e. The lowest BCUT2D eigenvalue weighted by atomic mass is 10.1. The number of aryl methyl sites for hydroxylation is 3. The minimum absolute atomic E-state index is 0.0799. The van der Waals surface area contributed by atoms with Crippen molar-refractivity contribution in [2.24, 2.45) is 0 Å². The van der Waals surface area contributed by atoms with Gasteiger partial charge >= 0.3 is 0 Å². The van der Waals surface area contributed by atoms with Crippen LogP contribution in [0.25, 0.3) is 0 Å². The van der Waals surface area contributed by atoms with Gasteiger partial charge in [-0.05, 0) is 56.0 Å². The second kappa shape index (κ2) is 10.3. The first-order valence-corrected chi connectivity index (χ1v) is 11.1. The maximum Gasteiger partial charge on any atom is 0.234 e. The maximum atomic E-state index is 12.5. The molecule has 162 valence electrons. The molecule has 0 radical (unpaired) electrons. The molecule has 0 bridgehead atoms. The second-order valence-corrected chi connectivity index (χ2v) is 8.33. The Balaban J connectivity index is 1.66. The lowest BCUT2D eigenvalue weighted by Crippen LogP contribution is -2.16. The summed E-state index contributed by atoms with van der Waals surface area (Å²) in [6.45, 7) is 12.7. The Morgan fingerprint density at radius 1 is 1.10 bits per heavy atom. The van der Waals surface area contributed by atoms with Crippen molar-refractivity contribution in [2.75, 3.05) is 11.1 Å². The molecule has 1 amide bonds. The normalized spacial score (nSPS) is 10.7. The molecule has 1 aromatic heterocycles. The van der Waals surface area contributed by atoms with E-state index in [0.717, 1.165) is 28.1 Å². The van der Waals surface area contributed by atoms with Crippen LogP contribution in [0.4, 0.5) is 5.69 Å². The van der Waals surface area contributed by atoms with Crippen molar-refractivity contribution >= 4 is 23.4 Å². The number of hydrogen-bond donors (Lipinski definition) is 1. The Hall–Kier alpha value is -3.06. The summed E-state index contributed by atoms with van der Waals surface area (Å²) >= 11 is 1.35. The van der Waals surface area contributed by atoms with E-state index in [1.54, 1.807) is 6.08 Å². The summed E-state index contributed by atoms with van der Waals surface area (Å²) in [7, 11) is 0. The predicted octanol–water partition coefficient (Wildman–Crippen LogP) is 5.01. The number of carbonyl (C=O) groups excluding carboxylic acids is 1. The summed E-state index contributed by atoms with van der Waals surface area (Å²) in [5, 5.41) is 12.2. The van der Waals surface area contributed by atoms with Crippen LogP contribution in [0.1, 0.15) is 28.1 Å². The summed E-state index contributed by atoms with van der Waals surface area (Å²) in [5.41, 5.74) is 5.23. The number of rotatable bonds is 9. The third-order valence-electron chi connectivity index (χ3n) is 5.09. The Morgan fingerprint density at radius 3 is 2.48 bits per heavy atom. The van der Waals surface area contributed by atoms with Gasteiger partial charge in [-0.2, -0.15) is 0 Å². The average Bonchev–Trinajstić information content (AvgIpc) is 3.12. The van der Waals surface area contributed by atoms with E-state index in [-0.39, 0.29) is 11.7 Å². The minimum atomic E-state index is -0.0799. The zero-order valence-electron chi connectivity index (χ0n) is 18.4. The van der Waals surface area contributed by atoms with Crippen LogP contribution in [0.3, 0.4) is 0 Å². The van der Waals surface area contributed by atoms with Gasteiger partial charge in [-0.3, -0.25) is 9.36 Å². The topological polar surface area (TPSA) is 69.0 Å². The molecule has 3 rings (SSSR count). The Morgan fingerprint density at radius 2 is 1.77 bits per heavy atom. The first kappa shape index (κ1) is 22.6. The Bertz CT molecular complexity index is 1070. The van der Waals surface area contributed by atoms with Crippen molar-refractivity contribution in [2.45, 2.75) is 46.0 Å². The van der Waals surface area contributed by atoms with Gasteiger partial charge < -0.3 is 10.1 Å². The molecule has 0 aliphatic carbocycles. The highest BCUT2D eigenvalue weighted by Crippen LogP contribution is 2.24. The lowest BCUT2D eigenvalue weighted by Gasteiger charge is -2.12. The molecule has 0 spiro atoms. The molecule has 1 N–H and O–H groups in total. The van der Waals surface area contributed by atoms with Crippen molar-refractivity contribution in [1.29, 1.82) is 0 Å². The highest BCUT2D eigenvalue weighted by Gasteiger charge is 2.15. The maximum absolute atomic E-state index is 12.5. The average molecular weight is 437 g/mol. The van der Waals surface area contributed by atoms with Crippen LogP contribution in [-0.2, 0) is 17.9 Å². The summed E-state index contributed by atoms with van der Waals surface area (Å²) < 4.78 is 7.91. The zero-order chi connectivity index (χ0) is 22.4. The molecule has 0 saturated carbocycles. The van der Waals surface area contributed by atoms with Crippen molar-refractivity contribution < 1.29 is 9.53 Å². The molecule has 3 aromatic rings. The summed E-state index contributed by atoms with van der Waals surface area (Å²) in [5.74, 6) is 1.68. The number of anilines is 1. The van der Waals surface area contributed by atoms with E-state index >= 15 is 0 Å². The van der Waals surface area contributed by atoms with Gasteiger partial charge in [0.15, 0.2) is 11.0 Å². The lowest BCUT2D eigenvalue weighted by molar-refractivity contribution is -0.113. The van der Waals surface area contributed by atoms with Crippen LogP contribution in [-0.4, -0.2) is 26.4 Å². The van der Waals surface area contributed by atoms with E-state index in [2.05, 4.69) is 35.1 Å². The SMILES string of the molecule is C=CCn1c(COc2cccc(C)c2C)nnc1SCC(=O)Nc1c(C)cccc1C. The van der Waals surface area contributed by atoms with Gasteiger partial charge in [0, 0.05) is 12.2 Å². The van der Waals surface area contributed by atoms with E-state index in [1.807, 2.05) is 55.7 Å². The number of amides is 1. The second-order valence-electron chi connectivity index (χ2n) is 7.39. The molecule has 6 nitrogen and oxygen atoms in total. The van der Waals surface area contributed by atoms with Gasteiger partial charge in [-0.1, -0.05) is 48.2 Å². The highest BCUT2D eigenvalue weighted by atomic mass is 32.2. The predicted molar refractivity (Wildman–Crippen MR) is 126 cm³/mol. The highest BCUT2D eigenvalue weighted by molar-refractivity contribution is 7.99. The monoisotopic (exact) mass is 436 g/mol. The zero-order valence-corrected chi connectivity index (χ0v) is 19.3. The molecular formula is C24H28N4O2S. The van der Waals surface area contributed by atoms with Crippen LogP contribution in [0.15, 0.2) is 54.2 Å². The number of para-hydroxylation sites is 1. The quantitative estimate of drug-likeness (QED) is 0.377. The molecule has 0 atom stereocenters. The number of thioether (sulfide) groups is 1. The summed E-state index contributed by atoms with van der Waals surface area (Å²) in [4.78, 5) is 12.5. The first-order chi connectivity index (χ1) is 14.9. The third-order valence-corrected chi connectivity index (χ3v) is 6.06. The molecule has 0 aliphatic rings. The molecule has 31 heavy (non-hydrogen) atoms. The van der Waals surface area contributed by atoms with Crippen LogP contribution in [0.5, 0.6) is 5.75 Å². The van der Waals surface area contributed by atoms with Gasteiger partial charge in [-0.25, -0.2) is 0 Å². The van der Waals surface area contributed by atoms with Crippen molar-refractivity contribution in [3.63, 3.8) is 0 Å². The van der Waals surface area contributed by atoms with E-state index in [1.165, 1.54) is 17.3 Å². The van der Waals surface area contributed by atoms with Crippen LogP contribution in [0, 0.1) is 27.7 Å². The number of carbonyl (C=O) groups is 1. The van der Waals surface area contributed by atoms with E-state index < -0.39 is 0 Å². The van der Waals surface area contributed by atoms with Crippen LogP contribution in [0.2, 0.25) is 0 Å². The van der Waals surface area contributed by atoms with Crippen LogP contribution < -0.4 is 10.1 Å². The summed E-state index contributed by atoms with van der Waals surface area (Å²) in [6.07, 6.45) is 1.78. The van der Waals surface area contributed by atoms with Gasteiger partial charge in [0.25, 0.3) is 0 Å². The van der Waals surface area contributed by atoms with Gasteiger partial charge in [-0.15, -0.1) is 16.8 Å². The number of aromatic nitrogens is 3. The number of allylic oxidation sites excluding steroid dienone is 1. The Labute approximate surface area is 187 Å². The molecular weight excluding hydrogens is 408 g/mol. The number of nitrogens with zero attached hydrogens (tertiary/aromatic N) is 3. The Kier molecular flexibility index (Phi) is 7.52. The third kappa shape index (κ3) is 5.55. The largest absolute Gasteiger partial charge is 0.485 e. The van der Waals surface area contributed by atoms with E-state index in [9.17, 15) is 4.79 Å². The van der Waals surface area contributed by atoms with E-state index in [0.29, 0.717) is 24.1 Å². The molecule has 0 aliphatic heterocycles.